The molecule has 4 nitrogen and oxygen atoms in total. The Hall–Kier alpha value is -1.84. The molecule has 0 aliphatic rings. The topological polar surface area (TPSA) is 55.4 Å². The first-order valence-electron chi connectivity index (χ1n) is 5.33. The highest BCUT2D eigenvalue weighted by atomic mass is 16.5. The fraction of sp³-hybridized carbons (Fsp3) is 0.385. The molecule has 1 aromatic rings. The van der Waals surface area contributed by atoms with Gasteiger partial charge in [0.25, 0.3) is 0 Å². The molecule has 0 saturated heterocycles. The summed E-state index contributed by atoms with van der Waals surface area (Å²) in [5.74, 6) is -0.381. The first-order chi connectivity index (χ1) is 7.90. The van der Waals surface area contributed by atoms with Crippen molar-refractivity contribution in [1.29, 1.82) is 0 Å². The third-order valence-electron chi connectivity index (χ3n) is 2.46. The number of hydrogen-bond donors (Lipinski definition) is 1. The van der Waals surface area contributed by atoms with Gasteiger partial charge in [0, 0.05) is 5.69 Å². The summed E-state index contributed by atoms with van der Waals surface area (Å²) in [6.45, 7) is 6.04. The van der Waals surface area contributed by atoms with Gasteiger partial charge in [-0.05, 0) is 29.2 Å². The van der Waals surface area contributed by atoms with Crippen molar-refractivity contribution in [3.05, 3.63) is 29.3 Å². The fourth-order valence-electron chi connectivity index (χ4n) is 1.60. The van der Waals surface area contributed by atoms with Crippen LogP contribution in [0, 0.1) is 0 Å². The molecule has 0 atom stereocenters. The molecule has 0 bridgehead atoms. The number of hydrogen-bond acceptors (Lipinski definition) is 3. The van der Waals surface area contributed by atoms with Crippen molar-refractivity contribution < 1.29 is 14.3 Å². The molecule has 0 aliphatic carbocycles. The van der Waals surface area contributed by atoms with Crippen molar-refractivity contribution in [2.75, 3.05) is 12.4 Å². The van der Waals surface area contributed by atoms with Crippen LogP contribution >= 0.6 is 0 Å². The van der Waals surface area contributed by atoms with E-state index in [2.05, 4.69) is 10.1 Å². The highest BCUT2D eigenvalue weighted by molar-refractivity contribution is 5.91. The molecule has 0 unspecified atom stereocenters. The molecule has 1 N–H and O–H groups in total. The van der Waals surface area contributed by atoms with Gasteiger partial charge in [-0.15, -0.1) is 0 Å². The van der Waals surface area contributed by atoms with Crippen LogP contribution < -0.4 is 5.32 Å². The highest BCUT2D eigenvalue weighted by Gasteiger charge is 2.20. The Balaban J connectivity index is 3.29. The van der Waals surface area contributed by atoms with Crippen molar-refractivity contribution in [1.82, 2.24) is 0 Å². The lowest BCUT2D eigenvalue weighted by atomic mass is 9.85. The summed E-state index contributed by atoms with van der Waals surface area (Å²) in [5.41, 5.74) is 1.91. The maximum atomic E-state index is 11.4. The van der Waals surface area contributed by atoms with Gasteiger partial charge in [0.1, 0.15) is 0 Å². The van der Waals surface area contributed by atoms with E-state index in [1.807, 2.05) is 20.8 Å². The molecule has 0 spiro atoms. The molecule has 1 amide bonds. The summed E-state index contributed by atoms with van der Waals surface area (Å²) in [5, 5.41) is 2.63. The van der Waals surface area contributed by atoms with E-state index in [-0.39, 0.29) is 11.4 Å². The van der Waals surface area contributed by atoms with Crippen LogP contribution in [-0.4, -0.2) is 19.5 Å². The average molecular weight is 235 g/mol. The van der Waals surface area contributed by atoms with Crippen LogP contribution in [-0.2, 0) is 14.9 Å². The average Bonchev–Trinajstić information content (AvgIpc) is 2.27. The van der Waals surface area contributed by atoms with Gasteiger partial charge in [0.2, 0.25) is 6.41 Å². The number of ether oxygens (including phenoxy) is 1. The van der Waals surface area contributed by atoms with Crippen LogP contribution in [0.3, 0.4) is 0 Å². The van der Waals surface area contributed by atoms with E-state index >= 15 is 0 Å². The van der Waals surface area contributed by atoms with Gasteiger partial charge in [-0.25, -0.2) is 4.79 Å². The zero-order valence-electron chi connectivity index (χ0n) is 10.5. The van der Waals surface area contributed by atoms with Crippen LogP contribution in [0.5, 0.6) is 0 Å². The number of esters is 1. The predicted octanol–water partition coefficient (Wildman–Crippen LogP) is 2.34. The third-order valence-corrected chi connectivity index (χ3v) is 2.46. The monoisotopic (exact) mass is 235 g/mol. The number of anilines is 1. The minimum absolute atomic E-state index is 0.171. The van der Waals surface area contributed by atoms with Crippen molar-refractivity contribution in [3.63, 3.8) is 0 Å². The van der Waals surface area contributed by atoms with E-state index in [1.165, 1.54) is 7.11 Å². The molecule has 0 aromatic heterocycles. The second-order valence-electron chi connectivity index (χ2n) is 4.76. The number of carbonyl (C=O) groups excluding carboxylic acids is 2. The van der Waals surface area contributed by atoms with Crippen molar-refractivity contribution >= 4 is 18.1 Å². The molecule has 1 rings (SSSR count). The van der Waals surface area contributed by atoms with Crippen LogP contribution in [0.1, 0.15) is 36.7 Å². The Morgan fingerprint density at radius 1 is 1.35 bits per heavy atom. The zero-order valence-corrected chi connectivity index (χ0v) is 10.5. The lowest BCUT2D eigenvalue weighted by Crippen LogP contribution is -2.16. The molecule has 0 radical (unpaired) electrons. The van der Waals surface area contributed by atoms with Gasteiger partial charge >= 0.3 is 5.97 Å². The van der Waals surface area contributed by atoms with Gasteiger partial charge in [-0.1, -0.05) is 20.8 Å². The molecule has 0 saturated carbocycles. The molecule has 1 aromatic carbocycles. The second-order valence-corrected chi connectivity index (χ2v) is 4.76. The lowest BCUT2D eigenvalue weighted by molar-refractivity contribution is -0.105. The minimum Gasteiger partial charge on any atom is -0.465 e. The third kappa shape index (κ3) is 3.06. The van der Waals surface area contributed by atoms with Gasteiger partial charge in [-0.2, -0.15) is 0 Å². The summed E-state index contributed by atoms with van der Waals surface area (Å²) in [4.78, 5) is 22.0. The lowest BCUT2D eigenvalue weighted by Gasteiger charge is -2.23. The van der Waals surface area contributed by atoms with E-state index in [1.54, 1.807) is 18.2 Å². The number of methoxy groups -OCH3 is 1. The normalized spacial score (nSPS) is 10.8. The van der Waals surface area contributed by atoms with E-state index in [0.717, 1.165) is 5.56 Å². The Bertz CT molecular complexity index is 433. The molecule has 92 valence electrons. The SMILES string of the molecule is COC(=O)c1ccc(NC=O)c(C(C)(C)C)c1. The summed E-state index contributed by atoms with van der Waals surface area (Å²) in [6.07, 6.45) is 0.627. The largest absolute Gasteiger partial charge is 0.465 e. The van der Waals surface area contributed by atoms with E-state index in [0.29, 0.717) is 17.7 Å². The quantitative estimate of drug-likeness (QED) is 0.646. The molecular weight excluding hydrogens is 218 g/mol. The minimum atomic E-state index is -0.381. The van der Waals surface area contributed by atoms with Crippen LogP contribution in [0.4, 0.5) is 5.69 Å². The summed E-state index contributed by atoms with van der Waals surface area (Å²) in [6, 6.07) is 5.09. The summed E-state index contributed by atoms with van der Waals surface area (Å²) in [7, 11) is 1.34. The zero-order chi connectivity index (χ0) is 13.1. The van der Waals surface area contributed by atoms with Gasteiger partial charge in [-0.3, -0.25) is 4.79 Å². The first-order valence-corrected chi connectivity index (χ1v) is 5.33. The van der Waals surface area contributed by atoms with Gasteiger partial charge in [0.15, 0.2) is 0 Å². The maximum Gasteiger partial charge on any atom is 0.337 e. The standard InChI is InChI=1S/C13H17NO3/c1-13(2,3)10-7-9(12(16)17-4)5-6-11(10)14-8-15/h5-8H,1-4H3,(H,14,15). The van der Waals surface area contributed by atoms with Crippen LogP contribution in [0.2, 0.25) is 0 Å². The Morgan fingerprint density at radius 2 is 2.00 bits per heavy atom. The molecular formula is C13H17NO3. The molecule has 0 heterocycles. The molecule has 0 fully saturated rings. The first kappa shape index (κ1) is 13.2. The molecule has 4 heteroatoms. The number of nitrogens with one attached hydrogen (secondary N) is 1. The number of benzene rings is 1. The summed E-state index contributed by atoms with van der Waals surface area (Å²) >= 11 is 0. The summed E-state index contributed by atoms with van der Waals surface area (Å²) < 4.78 is 4.67. The van der Waals surface area contributed by atoms with Crippen molar-refractivity contribution in [2.45, 2.75) is 26.2 Å². The Kier molecular flexibility index (Phi) is 3.89. The Morgan fingerprint density at radius 3 is 2.47 bits per heavy atom. The number of carbonyl (C=O) groups is 2. The highest BCUT2D eigenvalue weighted by Crippen LogP contribution is 2.30. The van der Waals surface area contributed by atoms with Gasteiger partial charge in [0.05, 0.1) is 12.7 Å². The molecule has 17 heavy (non-hydrogen) atoms. The predicted molar refractivity (Wildman–Crippen MR) is 66.2 cm³/mol. The second kappa shape index (κ2) is 4.99. The van der Waals surface area contributed by atoms with E-state index < -0.39 is 0 Å². The number of rotatable bonds is 3. The fourth-order valence-corrected chi connectivity index (χ4v) is 1.60. The van der Waals surface area contributed by atoms with Crippen LogP contribution in [0.15, 0.2) is 18.2 Å². The smallest absolute Gasteiger partial charge is 0.337 e. The van der Waals surface area contributed by atoms with Gasteiger partial charge < -0.3 is 10.1 Å². The van der Waals surface area contributed by atoms with Crippen molar-refractivity contribution in [2.24, 2.45) is 0 Å². The Labute approximate surface area is 101 Å². The van der Waals surface area contributed by atoms with E-state index in [4.69, 9.17) is 0 Å². The molecule has 0 aliphatic heterocycles. The van der Waals surface area contributed by atoms with E-state index in [9.17, 15) is 9.59 Å². The maximum absolute atomic E-state index is 11.4. The number of amides is 1. The van der Waals surface area contributed by atoms with Crippen molar-refractivity contribution in [3.8, 4) is 0 Å². The van der Waals surface area contributed by atoms with Crippen LogP contribution in [0.25, 0.3) is 0 Å².